The zero-order chi connectivity index (χ0) is 23.9. The summed E-state index contributed by atoms with van der Waals surface area (Å²) in [6, 6.07) is 14.1. The molecule has 4 rings (SSSR count). The summed E-state index contributed by atoms with van der Waals surface area (Å²) in [5, 5.41) is 5.71. The second-order valence-corrected chi connectivity index (χ2v) is 9.69. The van der Waals surface area contributed by atoms with Gasteiger partial charge in [0.25, 0.3) is 5.91 Å². The van der Waals surface area contributed by atoms with Gasteiger partial charge in [0, 0.05) is 25.0 Å². The predicted octanol–water partition coefficient (Wildman–Crippen LogP) is 4.86. The molecule has 2 aromatic carbocycles. The molecule has 1 aromatic heterocycles. The summed E-state index contributed by atoms with van der Waals surface area (Å²) < 4.78 is 16.3. The number of hydrogen-bond acceptors (Lipinski definition) is 7. The van der Waals surface area contributed by atoms with Crippen LogP contribution in [0.1, 0.15) is 46.9 Å². The Morgan fingerprint density at radius 1 is 1.09 bits per heavy atom. The molecule has 1 amide bonds. The lowest BCUT2D eigenvalue weighted by Gasteiger charge is -2.22. The second kappa shape index (κ2) is 11.4. The van der Waals surface area contributed by atoms with Gasteiger partial charge >= 0.3 is 0 Å². The molecule has 1 aliphatic rings. The summed E-state index contributed by atoms with van der Waals surface area (Å²) in [4.78, 5) is 19.4. The summed E-state index contributed by atoms with van der Waals surface area (Å²) >= 11 is 1.51. The Bertz CT molecular complexity index is 1100. The van der Waals surface area contributed by atoms with Crippen LogP contribution in [0.2, 0.25) is 0 Å². The molecule has 34 heavy (non-hydrogen) atoms. The maximum absolute atomic E-state index is 12.5. The maximum Gasteiger partial charge on any atom is 0.270 e. The highest BCUT2D eigenvalue weighted by molar-refractivity contribution is 7.09. The molecular formula is C26H31N3O4S. The van der Waals surface area contributed by atoms with Crippen LogP contribution in [0.5, 0.6) is 17.2 Å². The predicted molar refractivity (Wildman–Crippen MR) is 132 cm³/mol. The smallest absolute Gasteiger partial charge is 0.270 e. The van der Waals surface area contributed by atoms with Gasteiger partial charge in [-0.05, 0) is 47.7 Å². The topological polar surface area (TPSA) is 72.9 Å². The van der Waals surface area contributed by atoms with Crippen LogP contribution in [-0.4, -0.2) is 36.2 Å². The fourth-order valence-electron chi connectivity index (χ4n) is 3.70. The summed E-state index contributed by atoms with van der Waals surface area (Å²) in [5.41, 5.74) is 2.78. The summed E-state index contributed by atoms with van der Waals surface area (Å²) in [6.45, 7) is 7.28. The van der Waals surface area contributed by atoms with Crippen molar-refractivity contribution in [3.63, 3.8) is 0 Å². The van der Waals surface area contributed by atoms with Crippen molar-refractivity contribution in [2.45, 2.75) is 39.9 Å². The monoisotopic (exact) mass is 481 g/mol. The van der Waals surface area contributed by atoms with E-state index >= 15 is 0 Å². The molecule has 0 aliphatic carbocycles. The molecular weight excluding hydrogens is 450 g/mol. The van der Waals surface area contributed by atoms with Crippen LogP contribution in [0.4, 0.5) is 0 Å². The number of carbonyl (C=O) groups excluding carboxylic acids is 1. The number of thiazole rings is 1. The quantitative estimate of drug-likeness (QED) is 0.422. The van der Waals surface area contributed by atoms with Crippen LogP contribution in [0.15, 0.2) is 47.8 Å². The second-order valence-electron chi connectivity index (χ2n) is 8.75. The molecule has 0 bridgehead atoms. The highest BCUT2D eigenvalue weighted by atomic mass is 32.1. The Morgan fingerprint density at radius 3 is 2.59 bits per heavy atom. The first-order valence-electron chi connectivity index (χ1n) is 11.5. The average molecular weight is 482 g/mol. The first-order valence-corrected chi connectivity index (χ1v) is 12.3. The van der Waals surface area contributed by atoms with E-state index < -0.39 is 0 Å². The standard InChI is InChI=1S/C26H31N3O4S/c1-18(2)10-11-27-26(30)22-16-34-25(28-22)15-29(13-19-4-7-21(31-3)8-5-19)14-20-6-9-23-24(12-20)33-17-32-23/h4-9,12,16,18H,10-11,13-15,17H2,1-3H3,(H,27,30). The number of ether oxygens (including phenoxy) is 3. The normalized spacial score (nSPS) is 12.4. The van der Waals surface area contributed by atoms with E-state index in [1.165, 1.54) is 16.9 Å². The van der Waals surface area contributed by atoms with Crippen LogP contribution in [0, 0.1) is 5.92 Å². The zero-order valence-corrected chi connectivity index (χ0v) is 20.7. The third-order valence-corrected chi connectivity index (χ3v) is 6.39. The minimum absolute atomic E-state index is 0.111. The Kier molecular flexibility index (Phi) is 8.03. The van der Waals surface area contributed by atoms with Gasteiger partial charge in [-0.3, -0.25) is 9.69 Å². The van der Waals surface area contributed by atoms with Crippen LogP contribution < -0.4 is 19.5 Å². The number of aromatic nitrogens is 1. The van der Waals surface area contributed by atoms with E-state index in [0.717, 1.165) is 40.8 Å². The van der Waals surface area contributed by atoms with Crippen LogP contribution in [0.3, 0.4) is 0 Å². The lowest BCUT2D eigenvalue weighted by atomic mass is 10.1. The Labute approximate surface area is 204 Å². The van der Waals surface area contributed by atoms with Gasteiger partial charge in [-0.15, -0.1) is 11.3 Å². The summed E-state index contributed by atoms with van der Waals surface area (Å²) in [7, 11) is 1.67. The molecule has 0 spiro atoms. The van der Waals surface area contributed by atoms with Crippen molar-refractivity contribution in [2.24, 2.45) is 5.92 Å². The van der Waals surface area contributed by atoms with Crippen molar-refractivity contribution in [3.05, 3.63) is 69.7 Å². The summed E-state index contributed by atoms with van der Waals surface area (Å²) in [6.07, 6.45) is 0.952. The maximum atomic E-state index is 12.5. The van der Waals surface area contributed by atoms with Gasteiger partial charge in [0.05, 0.1) is 13.7 Å². The van der Waals surface area contributed by atoms with Crippen molar-refractivity contribution < 1.29 is 19.0 Å². The number of amides is 1. The molecule has 2 heterocycles. The fourth-order valence-corrected chi connectivity index (χ4v) is 4.51. The first kappa shape index (κ1) is 24.0. The lowest BCUT2D eigenvalue weighted by Crippen LogP contribution is -2.26. The van der Waals surface area contributed by atoms with Crippen molar-refractivity contribution in [2.75, 3.05) is 20.4 Å². The number of nitrogens with one attached hydrogen (secondary N) is 1. The van der Waals surface area contributed by atoms with Gasteiger partial charge in [-0.1, -0.05) is 32.0 Å². The van der Waals surface area contributed by atoms with E-state index in [-0.39, 0.29) is 12.7 Å². The number of rotatable bonds is 11. The third-order valence-electron chi connectivity index (χ3n) is 5.56. The molecule has 1 N–H and O–H groups in total. The van der Waals surface area contributed by atoms with Crippen molar-refractivity contribution >= 4 is 17.2 Å². The Morgan fingerprint density at radius 2 is 1.82 bits per heavy atom. The average Bonchev–Trinajstić information content (AvgIpc) is 3.48. The number of hydrogen-bond donors (Lipinski definition) is 1. The van der Waals surface area contributed by atoms with Crippen molar-refractivity contribution in [1.82, 2.24) is 15.2 Å². The van der Waals surface area contributed by atoms with Crippen LogP contribution in [-0.2, 0) is 19.6 Å². The van der Waals surface area contributed by atoms with E-state index in [2.05, 4.69) is 47.2 Å². The fraction of sp³-hybridized carbons (Fsp3) is 0.385. The molecule has 0 fully saturated rings. The van der Waals surface area contributed by atoms with Gasteiger partial charge < -0.3 is 19.5 Å². The zero-order valence-electron chi connectivity index (χ0n) is 19.9. The van der Waals surface area contributed by atoms with Crippen LogP contribution in [0.25, 0.3) is 0 Å². The SMILES string of the molecule is COc1ccc(CN(Cc2ccc3c(c2)OCO3)Cc2nc(C(=O)NCCC(C)C)cs2)cc1. The molecule has 180 valence electrons. The molecule has 7 nitrogen and oxygen atoms in total. The third kappa shape index (κ3) is 6.48. The molecule has 0 saturated carbocycles. The molecule has 3 aromatic rings. The number of carbonyl (C=O) groups is 1. The van der Waals surface area contributed by atoms with Crippen LogP contribution >= 0.6 is 11.3 Å². The van der Waals surface area contributed by atoms with Gasteiger partial charge in [0.2, 0.25) is 6.79 Å². The molecule has 0 radical (unpaired) electrons. The minimum atomic E-state index is -0.111. The number of nitrogens with zero attached hydrogens (tertiary/aromatic N) is 2. The largest absolute Gasteiger partial charge is 0.497 e. The van der Waals surface area contributed by atoms with E-state index in [1.54, 1.807) is 7.11 Å². The van der Waals surface area contributed by atoms with Gasteiger partial charge in [0.15, 0.2) is 11.5 Å². The Hall–Kier alpha value is -3.10. The van der Waals surface area contributed by atoms with Gasteiger partial charge in [0.1, 0.15) is 16.5 Å². The van der Waals surface area contributed by atoms with E-state index in [9.17, 15) is 4.79 Å². The highest BCUT2D eigenvalue weighted by Crippen LogP contribution is 2.33. The van der Waals surface area contributed by atoms with Gasteiger partial charge in [-0.2, -0.15) is 0 Å². The molecule has 0 atom stereocenters. The molecule has 0 saturated heterocycles. The number of benzene rings is 2. The lowest BCUT2D eigenvalue weighted by molar-refractivity contribution is 0.0947. The summed E-state index contributed by atoms with van der Waals surface area (Å²) in [5.74, 6) is 2.82. The number of methoxy groups -OCH3 is 1. The highest BCUT2D eigenvalue weighted by Gasteiger charge is 2.17. The number of fused-ring (bicyclic) bond motifs is 1. The van der Waals surface area contributed by atoms with E-state index in [4.69, 9.17) is 14.2 Å². The van der Waals surface area contributed by atoms with Gasteiger partial charge in [-0.25, -0.2) is 4.98 Å². The van der Waals surface area contributed by atoms with Crippen molar-refractivity contribution in [3.8, 4) is 17.2 Å². The van der Waals surface area contributed by atoms with E-state index in [1.807, 2.05) is 29.6 Å². The molecule has 0 unspecified atom stereocenters. The van der Waals surface area contributed by atoms with Crippen molar-refractivity contribution in [1.29, 1.82) is 0 Å². The minimum Gasteiger partial charge on any atom is -0.497 e. The molecule has 8 heteroatoms. The molecule has 1 aliphatic heterocycles. The Balaban J connectivity index is 1.46. The first-order chi connectivity index (χ1) is 16.5. The van der Waals surface area contributed by atoms with E-state index in [0.29, 0.717) is 31.2 Å².